The minimum atomic E-state index is 0.144. The van der Waals surface area contributed by atoms with Gasteiger partial charge in [0, 0.05) is 37.2 Å². The highest BCUT2D eigenvalue weighted by Crippen LogP contribution is 2.24. The van der Waals surface area contributed by atoms with Crippen molar-refractivity contribution in [2.24, 2.45) is 0 Å². The monoisotopic (exact) mass is 368 g/mol. The number of hydrogen-bond donors (Lipinski definition) is 1. The number of aryl methyl sites for hydroxylation is 3. The topological polar surface area (TPSA) is 75.9 Å². The molecule has 2 aliphatic rings. The molecule has 1 aliphatic carbocycles. The zero-order valence-electron chi connectivity index (χ0n) is 16.2. The van der Waals surface area contributed by atoms with Crippen molar-refractivity contribution in [2.45, 2.75) is 71.5 Å². The minimum absolute atomic E-state index is 0.144. The second-order valence-corrected chi connectivity index (χ2v) is 7.63. The summed E-state index contributed by atoms with van der Waals surface area (Å²) in [6, 6.07) is 2.57. The highest BCUT2D eigenvalue weighted by atomic mass is 16.1. The van der Waals surface area contributed by atoms with Crippen LogP contribution in [-0.4, -0.2) is 38.2 Å². The highest BCUT2D eigenvalue weighted by molar-refractivity contribution is 5.76. The zero-order chi connectivity index (χ0) is 18.8. The van der Waals surface area contributed by atoms with Crippen LogP contribution in [-0.2, 0) is 30.7 Å². The number of carbonyl (C=O) groups excluding carboxylic acids is 1. The Bertz CT molecular complexity index is 826. The quantitative estimate of drug-likeness (QED) is 0.811. The maximum absolute atomic E-state index is 11.9. The van der Waals surface area contributed by atoms with Gasteiger partial charge in [0.05, 0.1) is 24.5 Å². The molecular formula is C20H28N6O. The zero-order valence-corrected chi connectivity index (χ0v) is 16.2. The van der Waals surface area contributed by atoms with E-state index in [0.29, 0.717) is 18.9 Å². The van der Waals surface area contributed by atoms with Crippen LogP contribution in [0.25, 0.3) is 0 Å². The molecule has 0 radical (unpaired) electrons. The van der Waals surface area contributed by atoms with Gasteiger partial charge in [-0.05, 0) is 32.3 Å². The van der Waals surface area contributed by atoms with E-state index in [1.807, 2.05) is 13.1 Å². The van der Waals surface area contributed by atoms with Crippen LogP contribution in [0.1, 0.15) is 55.4 Å². The van der Waals surface area contributed by atoms with Crippen LogP contribution < -0.4 is 10.2 Å². The first kappa shape index (κ1) is 17.9. The van der Waals surface area contributed by atoms with Gasteiger partial charge < -0.3 is 10.2 Å². The average Bonchev–Trinajstić information content (AvgIpc) is 3.37. The fourth-order valence-electron chi connectivity index (χ4n) is 3.60. The lowest BCUT2D eigenvalue weighted by molar-refractivity contribution is -0.121. The molecule has 27 heavy (non-hydrogen) atoms. The molecule has 2 aromatic rings. The van der Waals surface area contributed by atoms with Crippen LogP contribution >= 0.6 is 0 Å². The van der Waals surface area contributed by atoms with Crippen molar-refractivity contribution in [3.63, 3.8) is 0 Å². The molecule has 1 saturated carbocycles. The lowest BCUT2D eigenvalue weighted by Crippen LogP contribution is -2.35. The third kappa shape index (κ3) is 4.28. The van der Waals surface area contributed by atoms with E-state index < -0.39 is 0 Å². The van der Waals surface area contributed by atoms with Crippen LogP contribution in [0.4, 0.5) is 5.82 Å². The van der Waals surface area contributed by atoms with Gasteiger partial charge in [-0.1, -0.05) is 13.3 Å². The number of rotatable bonds is 7. The van der Waals surface area contributed by atoms with Crippen LogP contribution in [0.5, 0.6) is 0 Å². The summed E-state index contributed by atoms with van der Waals surface area (Å²) in [6.45, 7) is 6.66. The summed E-state index contributed by atoms with van der Waals surface area (Å²) < 4.78 is 2.08. The van der Waals surface area contributed by atoms with Crippen molar-refractivity contribution in [2.75, 3.05) is 11.4 Å². The largest absolute Gasteiger partial charge is 0.353 e. The molecule has 0 bridgehead atoms. The molecule has 1 fully saturated rings. The van der Waals surface area contributed by atoms with E-state index >= 15 is 0 Å². The van der Waals surface area contributed by atoms with Crippen molar-refractivity contribution < 1.29 is 4.79 Å². The Labute approximate surface area is 160 Å². The summed E-state index contributed by atoms with van der Waals surface area (Å²) in [5, 5.41) is 7.74. The Balaban J connectivity index is 1.43. The Morgan fingerprint density at radius 2 is 2.15 bits per heavy atom. The molecule has 0 unspecified atom stereocenters. The molecule has 1 amide bonds. The fourth-order valence-corrected chi connectivity index (χ4v) is 3.60. The molecule has 7 heteroatoms. The third-order valence-electron chi connectivity index (χ3n) is 5.18. The summed E-state index contributed by atoms with van der Waals surface area (Å²) in [5.74, 6) is 2.01. The maximum atomic E-state index is 11.9. The Kier molecular flexibility index (Phi) is 5.09. The summed E-state index contributed by atoms with van der Waals surface area (Å²) in [4.78, 5) is 23.3. The standard InChI is InChI=1S/C20H28N6O/c1-3-4-15-12-21-14(2)22-20(15)25-9-10-26-18(13-25)11-17(24-26)7-8-19(27)23-16-5-6-16/h11-12,16H,3-10,13H2,1-2H3,(H,23,27). The Hall–Kier alpha value is -2.44. The molecule has 144 valence electrons. The van der Waals surface area contributed by atoms with Crippen molar-refractivity contribution >= 4 is 11.7 Å². The summed E-state index contributed by atoms with van der Waals surface area (Å²) in [7, 11) is 0. The number of hydrogen-bond acceptors (Lipinski definition) is 5. The average molecular weight is 368 g/mol. The summed E-state index contributed by atoms with van der Waals surface area (Å²) in [5.41, 5.74) is 3.41. The van der Waals surface area contributed by atoms with Crippen LogP contribution in [0.15, 0.2) is 12.3 Å². The van der Waals surface area contributed by atoms with Crippen molar-refractivity contribution in [3.05, 3.63) is 35.0 Å². The molecule has 3 heterocycles. The molecule has 7 nitrogen and oxygen atoms in total. The predicted molar refractivity (Wildman–Crippen MR) is 104 cm³/mol. The molecule has 0 atom stereocenters. The molecule has 1 aliphatic heterocycles. The van der Waals surface area contributed by atoms with E-state index in [2.05, 4.69) is 32.9 Å². The first-order chi connectivity index (χ1) is 13.1. The van der Waals surface area contributed by atoms with E-state index in [1.54, 1.807) is 0 Å². The van der Waals surface area contributed by atoms with Gasteiger partial charge in [0.1, 0.15) is 11.6 Å². The minimum Gasteiger partial charge on any atom is -0.353 e. The van der Waals surface area contributed by atoms with Gasteiger partial charge in [-0.2, -0.15) is 5.10 Å². The van der Waals surface area contributed by atoms with Gasteiger partial charge in [-0.25, -0.2) is 9.97 Å². The number of nitrogens with one attached hydrogen (secondary N) is 1. The van der Waals surface area contributed by atoms with Gasteiger partial charge in [-0.3, -0.25) is 9.48 Å². The second kappa shape index (κ2) is 7.66. The van der Waals surface area contributed by atoms with Gasteiger partial charge in [-0.15, -0.1) is 0 Å². The van der Waals surface area contributed by atoms with Crippen LogP contribution in [0.3, 0.4) is 0 Å². The molecule has 0 aromatic carbocycles. The molecule has 2 aromatic heterocycles. The fraction of sp³-hybridized carbons (Fsp3) is 0.600. The maximum Gasteiger partial charge on any atom is 0.220 e. The number of amides is 1. The second-order valence-electron chi connectivity index (χ2n) is 7.63. The third-order valence-corrected chi connectivity index (χ3v) is 5.18. The van der Waals surface area contributed by atoms with Crippen molar-refractivity contribution in [3.8, 4) is 0 Å². The number of anilines is 1. The SMILES string of the molecule is CCCc1cnc(C)nc1N1CCn2nc(CCC(=O)NC3CC3)cc2C1. The molecular weight excluding hydrogens is 340 g/mol. The first-order valence-corrected chi connectivity index (χ1v) is 10.0. The number of fused-ring (bicyclic) bond motifs is 1. The predicted octanol–water partition coefficient (Wildman–Crippen LogP) is 2.17. The highest BCUT2D eigenvalue weighted by Gasteiger charge is 2.24. The van der Waals surface area contributed by atoms with Crippen molar-refractivity contribution in [1.29, 1.82) is 0 Å². The van der Waals surface area contributed by atoms with Gasteiger partial charge >= 0.3 is 0 Å². The summed E-state index contributed by atoms with van der Waals surface area (Å²) in [6.07, 6.45) is 7.52. The van der Waals surface area contributed by atoms with Gasteiger partial charge in [0.2, 0.25) is 5.91 Å². The Morgan fingerprint density at radius 3 is 2.93 bits per heavy atom. The van der Waals surface area contributed by atoms with Gasteiger partial charge in [0.25, 0.3) is 0 Å². The smallest absolute Gasteiger partial charge is 0.220 e. The lowest BCUT2D eigenvalue weighted by atomic mass is 10.1. The molecule has 0 saturated heterocycles. The van der Waals surface area contributed by atoms with E-state index in [9.17, 15) is 4.79 Å². The van der Waals surface area contributed by atoms with E-state index in [-0.39, 0.29) is 5.91 Å². The van der Waals surface area contributed by atoms with E-state index in [4.69, 9.17) is 10.1 Å². The molecule has 1 N–H and O–H groups in total. The number of carbonyl (C=O) groups is 1. The number of aromatic nitrogens is 4. The number of nitrogens with zero attached hydrogens (tertiary/aromatic N) is 5. The summed E-state index contributed by atoms with van der Waals surface area (Å²) >= 11 is 0. The van der Waals surface area contributed by atoms with Crippen LogP contribution in [0.2, 0.25) is 0 Å². The van der Waals surface area contributed by atoms with E-state index in [0.717, 1.165) is 62.7 Å². The van der Waals surface area contributed by atoms with Crippen molar-refractivity contribution in [1.82, 2.24) is 25.1 Å². The van der Waals surface area contributed by atoms with Crippen LogP contribution in [0, 0.1) is 6.92 Å². The Morgan fingerprint density at radius 1 is 1.30 bits per heavy atom. The molecule has 4 rings (SSSR count). The van der Waals surface area contributed by atoms with Gasteiger partial charge in [0.15, 0.2) is 0 Å². The normalized spacial score (nSPS) is 16.3. The first-order valence-electron chi connectivity index (χ1n) is 10.0. The molecule has 0 spiro atoms. The lowest BCUT2D eigenvalue weighted by Gasteiger charge is -2.30. The van der Waals surface area contributed by atoms with E-state index in [1.165, 1.54) is 11.3 Å².